The fourth-order valence-electron chi connectivity index (χ4n) is 2.36. The number of nitrogens with one attached hydrogen (secondary N) is 1. The third kappa shape index (κ3) is 5.50. The van der Waals surface area contributed by atoms with E-state index in [1.54, 1.807) is 0 Å². The second-order valence-corrected chi connectivity index (χ2v) is 5.50. The molecule has 1 unspecified atom stereocenters. The summed E-state index contributed by atoms with van der Waals surface area (Å²) in [6.45, 7) is 12.0. The fourth-order valence-corrected chi connectivity index (χ4v) is 2.36. The summed E-state index contributed by atoms with van der Waals surface area (Å²) in [5.41, 5.74) is 5.53. The van der Waals surface area contributed by atoms with Crippen molar-refractivity contribution in [2.24, 2.45) is 0 Å². The Labute approximate surface area is 112 Å². The maximum Gasteiger partial charge on any atom is 0.0292 e. The van der Waals surface area contributed by atoms with Crippen LogP contribution in [-0.4, -0.2) is 12.6 Å². The van der Waals surface area contributed by atoms with Crippen LogP contribution in [0.15, 0.2) is 29.8 Å². The van der Waals surface area contributed by atoms with Crippen molar-refractivity contribution in [3.05, 3.63) is 46.5 Å². The molecule has 1 heteroatoms. The van der Waals surface area contributed by atoms with Gasteiger partial charge >= 0.3 is 0 Å². The minimum atomic E-state index is 0.455. The van der Waals surface area contributed by atoms with Crippen molar-refractivity contribution in [3.8, 4) is 0 Å². The molecule has 0 amide bonds. The van der Waals surface area contributed by atoms with E-state index < -0.39 is 0 Å². The predicted molar refractivity (Wildman–Crippen MR) is 81.1 cm³/mol. The van der Waals surface area contributed by atoms with Gasteiger partial charge in [-0.1, -0.05) is 47.9 Å². The highest BCUT2D eigenvalue weighted by Gasteiger charge is 2.06. The van der Waals surface area contributed by atoms with E-state index in [1.807, 2.05) is 0 Å². The molecule has 0 aliphatic rings. The van der Waals surface area contributed by atoms with E-state index in [1.165, 1.54) is 28.7 Å². The van der Waals surface area contributed by atoms with Crippen molar-refractivity contribution in [2.45, 2.75) is 53.5 Å². The van der Waals surface area contributed by atoms with Crippen LogP contribution in [0.3, 0.4) is 0 Å². The van der Waals surface area contributed by atoms with Crippen LogP contribution in [0, 0.1) is 13.8 Å². The molecule has 100 valence electrons. The van der Waals surface area contributed by atoms with Crippen molar-refractivity contribution >= 4 is 0 Å². The summed E-state index contributed by atoms with van der Waals surface area (Å²) >= 11 is 0. The van der Waals surface area contributed by atoms with E-state index in [0.717, 1.165) is 13.0 Å². The molecule has 0 spiro atoms. The molecule has 1 nitrogen and oxygen atoms in total. The lowest BCUT2D eigenvalue weighted by Crippen LogP contribution is -2.30. The lowest BCUT2D eigenvalue weighted by atomic mass is 10.00. The molecule has 1 aromatic rings. The van der Waals surface area contributed by atoms with E-state index in [2.05, 4.69) is 64.2 Å². The molecule has 0 aliphatic heterocycles. The lowest BCUT2D eigenvalue weighted by molar-refractivity contribution is 0.582. The summed E-state index contributed by atoms with van der Waals surface area (Å²) in [4.78, 5) is 0. The van der Waals surface area contributed by atoms with Crippen LogP contribution in [0.4, 0.5) is 0 Å². The van der Waals surface area contributed by atoms with Gasteiger partial charge < -0.3 is 5.32 Å². The van der Waals surface area contributed by atoms with Gasteiger partial charge in [-0.3, -0.25) is 0 Å². The van der Waals surface area contributed by atoms with Gasteiger partial charge in [0.15, 0.2) is 0 Å². The minimum Gasteiger partial charge on any atom is -0.310 e. The van der Waals surface area contributed by atoms with Gasteiger partial charge in [0.2, 0.25) is 0 Å². The highest BCUT2D eigenvalue weighted by atomic mass is 14.9. The van der Waals surface area contributed by atoms with E-state index in [-0.39, 0.29) is 0 Å². The molecule has 18 heavy (non-hydrogen) atoms. The van der Waals surface area contributed by atoms with Gasteiger partial charge in [0, 0.05) is 6.04 Å². The van der Waals surface area contributed by atoms with Gasteiger partial charge in [0.05, 0.1) is 0 Å². The highest BCUT2D eigenvalue weighted by Crippen LogP contribution is 2.12. The third-order valence-corrected chi connectivity index (χ3v) is 2.93. The van der Waals surface area contributed by atoms with Gasteiger partial charge in [-0.2, -0.15) is 0 Å². The largest absolute Gasteiger partial charge is 0.310 e. The van der Waals surface area contributed by atoms with Crippen LogP contribution >= 0.6 is 0 Å². The second kappa shape index (κ2) is 7.38. The molecular formula is C17H27N. The quantitative estimate of drug-likeness (QED) is 0.741. The van der Waals surface area contributed by atoms with Crippen LogP contribution in [0.1, 0.15) is 43.9 Å². The highest BCUT2D eigenvalue weighted by molar-refractivity contribution is 5.29. The first kappa shape index (κ1) is 15.0. The first-order valence-electron chi connectivity index (χ1n) is 6.97. The SMILES string of the molecule is CCCNC(C=C(C)C)Cc1cc(C)cc(C)c1. The standard InChI is InChI=1S/C17H27N/c1-6-7-18-17(8-13(2)3)12-16-10-14(4)9-15(5)11-16/h8-11,17-18H,6-7,12H2,1-5H3. The molecule has 1 aromatic carbocycles. The number of aryl methyl sites for hydroxylation is 2. The molecule has 0 saturated heterocycles. The minimum absolute atomic E-state index is 0.455. The van der Waals surface area contributed by atoms with E-state index >= 15 is 0 Å². The maximum atomic E-state index is 3.61. The average molecular weight is 245 g/mol. The number of benzene rings is 1. The van der Waals surface area contributed by atoms with Crippen LogP contribution in [-0.2, 0) is 6.42 Å². The summed E-state index contributed by atoms with van der Waals surface area (Å²) in [7, 11) is 0. The maximum absolute atomic E-state index is 3.61. The summed E-state index contributed by atoms with van der Waals surface area (Å²) in [5.74, 6) is 0. The third-order valence-electron chi connectivity index (χ3n) is 2.93. The van der Waals surface area contributed by atoms with Crippen LogP contribution in [0.5, 0.6) is 0 Å². The lowest BCUT2D eigenvalue weighted by Gasteiger charge is -2.16. The van der Waals surface area contributed by atoms with Gasteiger partial charge in [-0.15, -0.1) is 0 Å². The molecule has 1 N–H and O–H groups in total. The Balaban J connectivity index is 2.78. The molecule has 1 atom stereocenters. The molecule has 0 aromatic heterocycles. The Morgan fingerprint density at radius 1 is 1.17 bits per heavy atom. The van der Waals surface area contributed by atoms with Gasteiger partial charge in [0.25, 0.3) is 0 Å². The van der Waals surface area contributed by atoms with Gasteiger partial charge in [0.1, 0.15) is 0 Å². The van der Waals surface area contributed by atoms with Crippen molar-refractivity contribution < 1.29 is 0 Å². The number of rotatable bonds is 6. The second-order valence-electron chi connectivity index (χ2n) is 5.50. The molecule has 0 saturated carbocycles. The van der Waals surface area contributed by atoms with Gasteiger partial charge in [-0.25, -0.2) is 0 Å². The Bertz CT molecular complexity index is 380. The van der Waals surface area contributed by atoms with Crippen LogP contribution in [0.2, 0.25) is 0 Å². The summed E-state index contributed by atoms with van der Waals surface area (Å²) < 4.78 is 0. The summed E-state index contributed by atoms with van der Waals surface area (Å²) in [6.07, 6.45) is 4.60. The molecular weight excluding hydrogens is 218 g/mol. The Morgan fingerprint density at radius 3 is 2.28 bits per heavy atom. The van der Waals surface area contributed by atoms with E-state index in [4.69, 9.17) is 0 Å². The molecule has 0 heterocycles. The monoisotopic (exact) mass is 245 g/mol. The van der Waals surface area contributed by atoms with Crippen LogP contribution < -0.4 is 5.32 Å². The average Bonchev–Trinajstić information content (AvgIpc) is 2.23. The normalized spacial score (nSPS) is 12.3. The number of hydrogen-bond acceptors (Lipinski definition) is 1. The Hall–Kier alpha value is -1.08. The first-order valence-corrected chi connectivity index (χ1v) is 6.97. The zero-order valence-electron chi connectivity index (χ0n) is 12.5. The van der Waals surface area contributed by atoms with Crippen molar-refractivity contribution in [2.75, 3.05) is 6.54 Å². The predicted octanol–water partition coefficient (Wildman–Crippen LogP) is 4.18. The smallest absolute Gasteiger partial charge is 0.0292 e. The summed E-state index contributed by atoms with van der Waals surface area (Å²) in [6, 6.07) is 7.29. The number of allylic oxidation sites excluding steroid dienone is 1. The summed E-state index contributed by atoms with van der Waals surface area (Å²) in [5, 5.41) is 3.61. The fraction of sp³-hybridized carbons (Fsp3) is 0.529. The molecule has 1 rings (SSSR count). The molecule has 0 aliphatic carbocycles. The number of hydrogen-bond donors (Lipinski definition) is 1. The topological polar surface area (TPSA) is 12.0 Å². The van der Waals surface area contributed by atoms with Crippen LogP contribution in [0.25, 0.3) is 0 Å². The zero-order valence-corrected chi connectivity index (χ0v) is 12.5. The van der Waals surface area contributed by atoms with Gasteiger partial charge in [-0.05, 0) is 52.6 Å². The van der Waals surface area contributed by atoms with Crippen molar-refractivity contribution in [1.29, 1.82) is 0 Å². The molecule has 0 bridgehead atoms. The molecule has 0 radical (unpaired) electrons. The van der Waals surface area contributed by atoms with E-state index in [0.29, 0.717) is 6.04 Å². The van der Waals surface area contributed by atoms with E-state index in [9.17, 15) is 0 Å². The Kier molecular flexibility index (Phi) is 6.14. The zero-order chi connectivity index (χ0) is 13.5. The molecule has 0 fully saturated rings. The van der Waals surface area contributed by atoms with Crippen molar-refractivity contribution in [1.82, 2.24) is 5.32 Å². The van der Waals surface area contributed by atoms with Crippen molar-refractivity contribution in [3.63, 3.8) is 0 Å². The first-order chi connectivity index (χ1) is 8.51. The Morgan fingerprint density at radius 2 is 1.78 bits per heavy atom.